The van der Waals surface area contributed by atoms with Gasteiger partial charge in [0, 0.05) is 11.1 Å². The zero-order chi connectivity index (χ0) is 15.5. The Morgan fingerprint density at radius 3 is 2.40 bits per heavy atom. The molecule has 4 nitrogen and oxygen atoms in total. The fourth-order valence-corrected chi connectivity index (χ4v) is 3.98. The van der Waals surface area contributed by atoms with Crippen LogP contribution in [0.3, 0.4) is 0 Å². The molecule has 0 saturated heterocycles. The molecule has 0 spiro atoms. The minimum atomic E-state index is -3.78. The maximum atomic E-state index is 12.4. The van der Waals surface area contributed by atoms with Crippen molar-refractivity contribution in [3.05, 3.63) is 27.7 Å². The van der Waals surface area contributed by atoms with E-state index < -0.39 is 10.0 Å². The van der Waals surface area contributed by atoms with Crippen molar-refractivity contribution in [3.63, 3.8) is 0 Å². The molecule has 7 heteroatoms. The molecule has 0 amide bonds. The van der Waals surface area contributed by atoms with Gasteiger partial charge in [-0.1, -0.05) is 43.5 Å². The van der Waals surface area contributed by atoms with Crippen LogP contribution in [0.2, 0.25) is 10.0 Å². The number of aliphatic hydroxyl groups is 1. The molecule has 2 atom stereocenters. The molecule has 0 aromatic heterocycles. The van der Waals surface area contributed by atoms with E-state index in [2.05, 4.69) is 4.72 Å². The molecule has 0 radical (unpaired) electrons. The second kappa shape index (κ2) is 7.09. The smallest absolute Gasteiger partial charge is 0.242 e. The van der Waals surface area contributed by atoms with Gasteiger partial charge < -0.3 is 5.11 Å². The molecule has 0 aliphatic rings. The van der Waals surface area contributed by atoms with Crippen LogP contribution in [0.15, 0.2) is 17.0 Å². The summed E-state index contributed by atoms with van der Waals surface area (Å²) in [6.45, 7) is 5.39. The van der Waals surface area contributed by atoms with E-state index in [0.29, 0.717) is 0 Å². The first-order valence-corrected chi connectivity index (χ1v) is 8.58. The number of hydrogen-bond acceptors (Lipinski definition) is 3. The zero-order valence-corrected chi connectivity index (χ0v) is 14.0. The van der Waals surface area contributed by atoms with E-state index in [4.69, 9.17) is 23.2 Å². The molecule has 0 fully saturated rings. The average Bonchev–Trinajstić information content (AvgIpc) is 2.39. The van der Waals surface area contributed by atoms with Gasteiger partial charge in [-0.2, -0.15) is 0 Å². The fraction of sp³-hybridized carbons (Fsp3) is 0.538. The summed E-state index contributed by atoms with van der Waals surface area (Å²) in [7, 11) is -3.78. The molecular formula is C13H19Cl2NO3S. The summed E-state index contributed by atoms with van der Waals surface area (Å²) in [4.78, 5) is -0.106. The minimum absolute atomic E-state index is 0.000696. The lowest BCUT2D eigenvalue weighted by Crippen LogP contribution is -2.37. The lowest BCUT2D eigenvalue weighted by molar-refractivity contribution is 0.281. The van der Waals surface area contributed by atoms with Gasteiger partial charge in [0.2, 0.25) is 10.0 Å². The van der Waals surface area contributed by atoms with E-state index >= 15 is 0 Å². The van der Waals surface area contributed by atoms with E-state index in [-0.39, 0.29) is 39.1 Å². The minimum Gasteiger partial charge on any atom is -0.392 e. The molecule has 0 aliphatic carbocycles. The summed E-state index contributed by atoms with van der Waals surface area (Å²) in [5.74, 6) is 0.194. The van der Waals surface area contributed by atoms with Gasteiger partial charge in [0.05, 0.1) is 11.6 Å². The van der Waals surface area contributed by atoms with Gasteiger partial charge in [-0.3, -0.25) is 0 Å². The first-order chi connectivity index (χ1) is 9.22. The van der Waals surface area contributed by atoms with E-state index in [1.54, 1.807) is 6.92 Å². The lowest BCUT2D eigenvalue weighted by Gasteiger charge is -2.20. The van der Waals surface area contributed by atoms with Gasteiger partial charge in [0.15, 0.2) is 0 Å². The number of benzene rings is 1. The van der Waals surface area contributed by atoms with Crippen LogP contribution >= 0.6 is 23.2 Å². The molecule has 2 unspecified atom stereocenters. The summed E-state index contributed by atoms with van der Waals surface area (Å²) in [5.41, 5.74) is 0.288. The van der Waals surface area contributed by atoms with Crippen LogP contribution in [0.5, 0.6) is 0 Å². The summed E-state index contributed by atoms with van der Waals surface area (Å²) in [6, 6.07) is 2.51. The molecule has 0 heterocycles. The van der Waals surface area contributed by atoms with Gasteiger partial charge >= 0.3 is 0 Å². The van der Waals surface area contributed by atoms with Crippen molar-refractivity contribution < 1.29 is 13.5 Å². The van der Waals surface area contributed by atoms with Crippen molar-refractivity contribution in [2.45, 2.75) is 44.7 Å². The summed E-state index contributed by atoms with van der Waals surface area (Å²) in [5, 5.41) is 9.40. The van der Waals surface area contributed by atoms with Gasteiger partial charge in [-0.15, -0.1) is 0 Å². The molecule has 20 heavy (non-hydrogen) atoms. The third-order valence-electron chi connectivity index (χ3n) is 3.38. The zero-order valence-electron chi connectivity index (χ0n) is 11.7. The molecule has 0 saturated carbocycles. The second-order valence-corrected chi connectivity index (χ2v) is 7.33. The average molecular weight is 340 g/mol. The number of hydrogen-bond donors (Lipinski definition) is 2. The Balaban J connectivity index is 3.19. The topological polar surface area (TPSA) is 66.4 Å². The Hall–Kier alpha value is -0.330. The van der Waals surface area contributed by atoms with Gasteiger partial charge in [-0.05, 0) is 30.5 Å². The normalized spacial score (nSPS) is 15.1. The quantitative estimate of drug-likeness (QED) is 0.836. The molecule has 1 aromatic carbocycles. The number of sulfonamides is 1. The first kappa shape index (κ1) is 17.7. The highest BCUT2D eigenvalue weighted by Crippen LogP contribution is 2.30. The monoisotopic (exact) mass is 339 g/mol. The Kier molecular flexibility index (Phi) is 6.28. The van der Waals surface area contributed by atoms with Crippen LogP contribution in [0.1, 0.15) is 32.8 Å². The van der Waals surface area contributed by atoms with Crippen molar-refractivity contribution >= 4 is 33.2 Å². The second-order valence-electron chi connectivity index (χ2n) is 4.83. The van der Waals surface area contributed by atoms with Crippen LogP contribution < -0.4 is 4.72 Å². The van der Waals surface area contributed by atoms with Crippen LogP contribution in [0.4, 0.5) is 0 Å². The lowest BCUT2D eigenvalue weighted by atomic mass is 10.0. The molecule has 2 N–H and O–H groups in total. The number of rotatable bonds is 6. The standard InChI is InChI=1S/C13H19Cl2NO3S/c1-4-8(2)9(3)16-20(18,19)12-6-11(14)5-10(7-17)13(12)15/h5-6,8-9,16-17H,4,7H2,1-3H3. The molecule has 1 rings (SSSR count). The Bertz CT molecular complexity index is 575. The summed E-state index contributed by atoms with van der Waals surface area (Å²) in [6.07, 6.45) is 0.856. The molecule has 114 valence electrons. The third kappa shape index (κ3) is 4.09. The van der Waals surface area contributed by atoms with Crippen molar-refractivity contribution in [1.82, 2.24) is 4.72 Å². The van der Waals surface area contributed by atoms with Crippen LogP contribution in [-0.2, 0) is 16.6 Å². The van der Waals surface area contributed by atoms with E-state index in [1.807, 2.05) is 13.8 Å². The highest BCUT2D eigenvalue weighted by Gasteiger charge is 2.24. The maximum Gasteiger partial charge on any atom is 0.242 e. The van der Waals surface area contributed by atoms with Gasteiger partial charge in [-0.25, -0.2) is 13.1 Å². The van der Waals surface area contributed by atoms with Crippen molar-refractivity contribution in [1.29, 1.82) is 0 Å². The predicted octanol–water partition coefficient (Wildman–Crippen LogP) is 3.20. The predicted molar refractivity (Wildman–Crippen MR) is 81.6 cm³/mol. The number of halogens is 2. The number of nitrogens with one attached hydrogen (secondary N) is 1. The summed E-state index contributed by atoms with van der Waals surface area (Å²) >= 11 is 11.9. The molecular weight excluding hydrogens is 321 g/mol. The van der Waals surface area contributed by atoms with Crippen molar-refractivity contribution in [3.8, 4) is 0 Å². The van der Waals surface area contributed by atoms with E-state index in [1.165, 1.54) is 12.1 Å². The van der Waals surface area contributed by atoms with Gasteiger partial charge in [0.1, 0.15) is 4.90 Å². The summed E-state index contributed by atoms with van der Waals surface area (Å²) < 4.78 is 27.3. The Morgan fingerprint density at radius 2 is 1.90 bits per heavy atom. The molecule has 0 aliphatic heterocycles. The Labute approximate surface area is 130 Å². The Morgan fingerprint density at radius 1 is 1.30 bits per heavy atom. The maximum absolute atomic E-state index is 12.4. The van der Waals surface area contributed by atoms with Crippen LogP contribution in [0.25, 0.3) is 0 Å². The van der Waals surface area contributed by atoms with E-state index in [9.17, 15) is 13.5 Å². The first-order valence-electron chi connectivity index (χ1n) is 6.34. The SMILES string of the molecule is CCC(C)C(C)NS(=O)(=O)c1cc(Cl)cc(CO)c1Cl. The van der Waals surface area contributed by atoms with Crippen molar-refractivity contribution in [2.75, 3.05) is 0 Å². The highest BCUT2D eigenvalue weighted by atomic mass is 35.5. The molecule has 1 aromatic rings. The third-order valence-corrected chi connectivity index (χ3v) is 5.74. The van der Waals surface area contributed by atoms with Crippen LogP contribution in [-0.4, -0.2) is 19.6 Å². The fourth-order valence-electron chi connectivity index (χ4n) is 1.71. The highest BCUT2D eigenvalue weighted by molar-refractivity contribution is 7.89. The van der Waals surface area contributed by atoms with E-state index in [0.717, 1.165) is 6.42 Å². The largest absolute Gasteiger partial charge is 0.392 e. The van der Waals surface area contributed by atoms with Crippen molar-refractivity contribution in [2.24, 2.45) is 5.92 Å². The van der Waals surface area contributed by atoms with Gasteiger partial charge in [0.25, 0.3) is 0 Å². The van der Waals surface area contributed by atoms with Crippen LogP contribution in [0, 0.1) is 5.92 Å². The molecule has 0 bridgehead atoms. The number of aliphatic hydroxyl groups excluding tert-OH is 1.